The minimum atomic E-state index is -5.10. The number of carbonyl (C=O) groups is 1. The molecule has 0 aliphatic heterocycles. The van der Waals surface area contributed by atoms with E-state index in [9.17, 15) is 40.0 Å². The topological polar surface area (TPSA) is 163 Å². The van der Waals surface area contributed by atoms with Crippen LogP contribution in [-0.2, 0) is 46.9 Å². The molecule has 0 saturated heterocycles. The van der Waals surface area contributed by atoms with Crippen molar-refractivity contribution in [2.45, 2.75) is 43.4 Å². The highest BCUT2D eigenvalue weighted by Crippen LogP contribution is 2.68. The Labute approximate surface area is 308 Å². The summed E-state index contributed by atoms with van der Waals surface area (Å²) in [7, 11) is -2.49. The van der Waals surface area contributed by atoms with Gasteiger partial charge in [-0.1, -0.05) is 11.6 Å². The smallest absolute Gasteiger partial charge is 0.344 e. The molecule has 2 aromatic carbocycles. The molecule has 55 heavy (non-hydrogen) atoms. The van der Waals surface area contributed by atoms with Gasteiger partial charge in [0.15, 0.2) is 22.9 Å². The largest absolute Gasteiger partial charge is 0.435 e. The summed E-state index contributed by atoms with van der Waals surface area (Å²) in [5.41, 5.74) is -4.22. The van der Waals surface area contributed by atoms with E-state index in [1.165, 1.54) is 36.1 Å². The second-order valence-corrected chi connectivity index (χ2v) is 15.4. The van der Waals surface area contributed by atoms with Crippen molar-refractivity contribution in [3.05, 3.63) is 97.9 Å². The molecule has 288 valence electrons. The van der Waals surface area contributed by atoms with Gasteiger partial charge in [0.2, 0.25) is 15.9 Å². The first-order valence-electron chi connectivity index (χ1n) is 16.1. The van der Waals surface area contributed by atoms with Crippen molar-refractivity contribution in [2.24, 2.45) is 13.0 Å². The number of benzene rings is 2. The Kier molecular flexibility index (Phi) is 8.12. The van der Waals surface area contributed by atoms with E-state index in [1.807, 2.05) is 0 Å². The highest BCUT2D eigenvalue weighted by molar-refractivity contribution is 7.92. The van der Waals surface area contributed by atoms with E-state index in [0.29, 0.717) is 10.7 Å². The van der Waals surface area contributed by atoms with Gasteiger partial charge in [0.1, 0.15) is 23.9 Å². The lowest BCUT2D eigenvalue weighted by Crippen LogP contribution is -2.39. The third-order valence-electron chi connectivity index (χ3n) is 9.41. The minimum absolute atomic E-state index is 0.00509. The number of halogens is 8. The molecule has 0 radical (unpaired) electrons. The van der Waals surface area contributed by atoms with Crippen LogP contribution in [-0.4, -0.2) is 59.5 Å². The Morgan fingerprint density at radius 2 is 1.80 bits per heavy atom. The summed E-state index contributed by atoms with van der Waals surface area (Å²) in [5, 5.41) is 18.6. The van der Waals surface area contributed by atoms with E-state index in [0.717, 1.165) is 27.6 Å². The molecule has 1 saturated carbocycles. The summed E-state index contributed by atoms with van der Waals surface area (Å²) < 4.78 is 132. The number of nitrogens with zero attached hydrogens (tertiary/aromatic N) is 8. The van der Waals surface area contributed by atoms with E-state index >= 15 is 8.78 Å². The molecule has 14 nitrogen and oxygen atoms in total. The lowest BCUT2D eigenvalue weighted by molar-refractivity contribution is -0.142. The number of carbonyl (C=O) groups excluding carboxylic acids is 1. The molecule has 3 atom stereocenters. The predicted molar refractivity (Wildman–Crippen MR) is 179 cm³/mol. The van der Waals surface area contributed by atoms with Gasteiger partial charge in [-0.2, -0.15) is 37.2 Å². The molecule has 1 amide bonds. The zero-order chi connectivity index (χ0) is 39.5. The van der Waals surface area contributed by atoms with Crippen molar-refractivity contribution >= 4 is 49.8 Å². The van der Waals surface area contributed by atoms with Crippen LogP contribution in [0.1, 0.15) is 46.7 Å². The van der Waals surface area contributed by atoms with Gasteiger partial charge in [-0.05, 0) is 48.2 Å². The molecular weight excluding hydrogens is 789 g/mol. The molecular formula is C32H24ClF7N10O4S. The molecule has 0 unspecified atom stereocenters. The maximum atomic E-state index is 15.3. The van der Waals surface area contributed by atoms with Crippen LogP contribution in [0.4, 0.5) is 36.6 Å². The van der Waals surface area contributed by atoms with Gasteiger partial charge in [0.05, 0.1) is 40.1 Å². The van der Waals surface area contributed by atoms with Gasteiger partial charge >= 0.3 is 6.18 Å². The fraction of sp³-hybridized carbons (Fsp3) is 0.312. The molecule has 4 aromatic heterocycles. The number of sulfonamides is 1. The van der Waals surface area contributed by atoms with Crippen molar-refractivity contribution < 1.29 is 43.9 Å². The molecule has 2 aliphatic carbocycles. The molecule has 0 spiro atoms. The quantitative estimate of drug-likeness (QED) is 0.200. The average molecular weight is 813 g/mol. The number of alkyl halides is 5. The number of hydrogen-bond acceptors (Lipinski definition) is 8. The van der Waals surface area contributed by atoms with Gasteiger partial charge in [-0.15, -0.1) is 9.73 Å². The number of amides is 1. The standard InChI is InChI=1S/C32H24ClF7N10O4S/c1-47-25-20(4-3-18(33)24(25)28(44-47)46-55(2,53)54)49-29(45-50-21(30(49)52)5-6-41-50)19(9-13-7-14(34)10-15(35)8-13)42-22(51)12-48-27-23(26(43-48)32(38,39)40)16-11-17(16)31(27,36)37/h3-8,10,16-17,19H,9,11-12H2,1-2H3,(H,42,51)(H,44,46)/t16-,17+,19-/m0/s1. The minimum Gasteiger partial charge on any atom is -0.344 e. The van der Waals surface area contributed by atoms with E-state index in [-0.39, 0.29) is 50.8 Å². The molecule has 0 bridgehead atoms. The summed E-state index contributed by atoms with van der Waals surface area (Å²) in [4.78, 5) is 28.1. The first-order valence-corrected chi connectivity index (χ1v) is 18.4. The van der Waals surface area contributed by atoms with Gasteiger partial charge < -0.3 is 5.32 Å². The molecule has 1 fully saturated rings. The maximum Gasteiger partial charge on any atom is 0.435 e. The zero-order valence-corrected chi connectivity index (χ0v) is 29.6. The first-order chi connectivity index (χ1) is 25.7. The second kappa shape index (κ2) is 12.2. The van der Waals surface area contributed by atoms with Crippen molar-refractivity contribution in [1.82, 2.24) is 44.3 Å². The van der Waals surface area contributed by atoms with E-state index in [4.69, 9.17) is 11.6 Å². The highest BCUT2D eigenvalue weighted by atomic mass is 35.5. The highest BCUT2D eigenvalue weighted by Gasteiger charge is 2.68. The number of hydrogen-bond donors (Lipinski definition) is 2. The van der Waals surface area contributed by atoms with Gasteiger partial charge in [0, 0.05) is 31.0 Å². The summed E-state index contributed by atoms with van der Waals surface area (Å²) in [5.74, 6) is -9.95. The number of aryl methyl sites for hydroxylation is 1. The fourth-order valence-corrected chi connectivity index (χ4v) is 8.01. The van der Waals surface area contributed by atoms with Crippen LogP contribution < -0.4 is 15.6 Å². The molecule has 6 aromatic rings. The van der Waals surface area contributed by atoms with Gasteiger partial charge in [-0.25, -0.2) is 17.2 Å². The number of fused-ring (bicyclic) bond motifs is 5. The lowest BCUT2D eigenvalue weighted by Gasteiger charge is -2.23. The number of nitrogens with one attached hydrogen (secondary N) is 2. The second-order valence-electron chi connectivity index (χ2n) is 13.3. The third-order valence-corrected chi connectivity index (χ3v) is 10.3. The van der Waals surface area contributed by atoms with Crippen LogP contribution in [0.3, 0.4) is 0 Å². The summed E-state index contributed by atoms with van der Waals surface area (Å²) >= 11 is 6.50. The van der Waals surface area contributed by atoms with Gasteiger partial charge in [-0.3, -0.25) is 28.2 Å². The first kappa shape index (κ1) is 36.5. The maximum absolute atomic E-state index is 15.3. The monoisotopic (exact) mass is 812 g/mol. The Bertz CT molecular complexity index is 2760. The van der Waals surface area contributed by atoms with Crippen molar-refractivity contribution in [3.63, 3.8) is 0 Å². The van der Waals surface area contributed by atoms with Crippen LogP contribution in [0.2, 0.25) is 5.02 Å². The van der Waals surface area contributed by atoms with Crippen molar-refractivity contribution in [2.75, 3.05) is 11.0 Å². The number of rotatable bonds is 9. The average Bonchev–Trinajstić information content (AvgIpc) is 3.28. The van der Waals surface area contributed by atoms with Crippen LogP contribution in [0.5, 0.6) is 0 Å². The number of aromatic nitrogens is 8. The Hall–Kier alpha value is -5.51. The fourth-order valence-electron chi connectivity index (χ4n) is 7.28. The normalized spacial score (nSPS) is 18.1. The molecule has 2 N–H and O–H groups in total. The molecule has 4 heterocycles. The van der Waals surface area contributed by atoms with Crippen LogP contribution in [0.15, 0.2) is 47.4 Å². The van der Waals surface area contributed by atoms with E-state index in [2.05, 4.69) is 30.4 Å². The van der Waals surface area contributed by atoms with Crippen LogP contribution in [0.25, 0.3) is 22.1 Å². The summed E-state index contributed by atoms with van der Waals surface area (Å²) in [6.07, 6.45) is -3.70. The number of anilines is 1. The molecule has 8 rings (SSSR count). The summed E-state index contributed by atoms with van der Waals surface area (Å²) in [6, 6.07) is 4.83. The Morgan fingerprint density at radius 1 is 1.09 bits per heavy atom. The Balaban J connectivity index is 1.29. The third kappa shape index (κ3) is 6.15. The van der Waals surface area contributed by atoms with E-state index in [1.54, 1.807) is 0 Å². The van der Waals surface area contributed by atoms with Crippen LogP contribution in [0, 0.1) is 17.6 Å². The van der Waals surface area contributed by atoms with Crippen molar-refractivity contribution in [3.8, 4) is 5.69 Å². The van der Waals surface area contributed by atoms with Crippen LogP contribution >= 0.6 is 11.6 Å². The predicted octanol–water partition coefficient (Wildman–Crippen LogP) is 4.59. The Morgan fingerprint density at radius 3 is 2.47 bits per heavy atom. The zero-order valence-electron chi connectivity index (χ0n) is 28.0. The van der Waals surface area contributed by atoms with Crippen molar-refractivity contribution in [1.29, 1.82) is 0 Å². The SMILES string of the molecule is Cn1nc(NS(C)(=O)=O)c2c(Cl)ccc(-n3c([C@H](Cc4cc(F)cc(F)c4)NC(=O)Cn4nc(C(F)(F)F)c5c4C(F)(F)[C@@H]4C[C@H]54)nn4nccc4c3=O)c21. The lowest BCUT2D eigenvalue weighted by atomic mass is 10.0. The van der Waals surface area contributed by atoms with Gasteiger partial charge in [0.25, 0.3) is 11.5 Å². The van der Waals surface area contributed by atoms with E-state index < -0.39 is 93.0 Å². The molecule has 23 heteroatoms. The molecule has 2 aliphatic rings. The summed E-state index contributed by atoms with van der Waals surface area (Å²) in [6.45, 7) is -1.15.